The van der Waals surface area contributed by atoms with Gasteiger partial charge in [0, 0.05) is 0 Å². The van der Waals surface area contributed by atoms with Crippen molar-refractivity contribution in [3.05, 3.63) is 57.5 Å². The minimum absolute atomic E-state index is 0.0676. The first-order chi connectivity index (χ1) is 10.8. The molecule has 1 aromatic carbocycles. The highest BCUT2D eigenvalue weighted by atomic mass is 35.5. The lowest BCUT2D eigenvalue weighted by Crippen LogP contribution is -2.36. The number of hydrogen-bond donors (Lipinski definition) is 0. The number of carbonyl (C=O) groups excluding carboxylic acids is 1. The molecule has 2 aromatic rings. The van der Waals surface area contributed by atoms with E-state index < -0.39 is 17.1 Å². The topological polar surface area (TPSA) is 70.4 Å². The smallest absolute Gasteiger partial charge is 0.340 e. The molecule has 0 fully saturated rings. The predicted molar refractivity (Wildman–Crippen MR) is 85.9 cm³/mol. The first-order valence-corrected chi connectivity index (χ1v) is 7.32. The summed E-state index contributed by atoms with van der Waals surface area (Å²) in [4.78, 5) is 23.9. The monoisotopic (exact) mass is 336 g/mol. The Morgan fingerprint density at radius 3 is 2.52 bits per heavy atom. The normalized spacial score (nSPS) is 11.1. The molecule has 0 saturated carbocycles. The fourth-order valence-electron chi connectivity index (χ4n) is 1.80. The van der Waals surface area contributed by atoms with Gasteiger partial charge in [0.05, 0.1) is 17.3 Å². The highest BCUT2D eigenvalue weighted by molar-refractivity contribution is 6.31. The van der Waals surface area contributed by atoms with Crippen LogP contribution in [0.25, 0.3) is 0 Å². The molecule has 23 heavy (non-hydrogen) atoms. The average molecular weight is 337 g/mol. The minimum Gasteiger partial charge on any atom is -0.454 e. The number of esters is 1. The third-order valence-electron chi connectivity index (χ3n) is 2.94. The van der Waals surface area contributed by atoms with Crippen LogP contribution in [-0.2, 0) is 10.3 Å². The van der Waals surface area contributed by atoms with Crippen molar-refractivity contribution in [2.45, 2.75) is 26.3 Å². The summed E-state index contributed by atoms with van der Waals surface area (Å²) < 4.78 is 11.5. The Balaban J connectivity index is 2.03. The molecule has 0 unspecified atom stereocenters. The standard InChI is InChI=1S/C16H17ClN2O4/c1-16(2,3)19-14(20)13(17)12(9-18-19)22-10-23-15(21)11-7-5-4-6-8-11/h4-9H,10H2,1-3H3. The maximum absolute atomic E-state index is 12.1. The van der Waals surface area contributed by atoms with E-state index >= 15 is 0 Å². The van der Waals surface area contributed by atoms with Crippen molar-refractivity contribution in [2.24, 2.45) is 0 Å². The Kier molecular flexibility index (Phi) is 5.05. The van der Waals surface area contributed by atoms with Gasteiger partial charge in [0.15, 0.2) is 10.8 Å². The molecule has 7 heteroatoms. The van der Waals surface area contributed by atoms with Crippen LogP contribution in [0.3, 0.4) is 0 Å². The van der Waals surface area contributed by atoms with Crippen LogP contribution in [-0.4, -0.2) is 22.5 Å². The second kappa shape index (κ2) is 6.83. The maximum Gasteiger partial charge on any atom is 0.340 e. The van der Waals surface area contributed by atoms with Gasteiger partial charge in [-0.1, -0.05) is 29.8 Å². The number of rotatable bonds is 4. The molecule has 0 aliphatic heterocycles. The molecule has 1 heterocycles. The Morgan fingerprint density at radius 1 is 1.26 bits per heavy atom. The Labute approximate surface area is 138 Å². The number of hydrogen-bond acceptors (Lipinski definition) is 5. The number of benzene rings is 1. The molecule has 1 aromatic heterocycles. The van der Waals surface area contributed by atoms with Crippen LogP contribution in [0.2, 0.25) is 5.02 Å². The van der Waals surface area contributed by atoms with Crippen molar-refractivity contribution < 1.29 is 14.3 Å². The second-order valence-electron chi connectivity index (χ2n) is 5.77. The zero-order chi connectivity index (χ0) is 17.0. The van der Waals surface area contributed by atoms with E-state index in [1.807, 2.05) is 20.8 Å². The highest BCUT2D eigenvalue weighted by Crippen LogP contribution is 2.20. The van der Waals surface area contributed by atoms with Gasteiger partial charge in [-0.15, -0.1) is 0 Å². The summed E-state index contributed by atoms with van der Waals surface area (Å²) in [6.45, 7) is 5.13. The van der Waals surface area contributed by atoms with Crippen molar-refractivity contribution in [1.82, 2.24) is 9.78 Å². The maximum atomic E-state index is 12.1. The van der Waals surface area contributed by atoms with Crippen LogP contribution in [0.4, 0.5) is 0 Å². The molecule has 0 aliphatic carbocycles. The van der Waals surface area contributed by atoms with Gasteiger partial charge in [-0.25, -0.2) is 9.48 Å². The zero-order valence-electron chi connectivity index (χ0n) is 13.1. The molecule has 0 radical (unpaired) electrons. The average Bonchev–Trinajstić information content (AvgIpc) is 2.51. The van der Waals surface area contributed by atoms with Crippen LogP contribution >= 0.6 is 11.6 Å². The van der Waals surface area contributed by atoms with E-state index in [2.05, 4.69) is 5.10 Å². The van der Waals surface area contributed by atoms with E-state index in [-0.39, 0.29) is 17.6 Å². The summed E-state index contributed by atoms with van der Waals surface area (Å²) in [5, 5.41) is 3.91. The van der Waals surface area contributed by atoms with E-state index in [1.54, 1.807) is 30.3 Å². The largest absolute Gasteiger partial charge is 0.454 e. The summed E-state index contributed by atoms with van der Waals surface area (Å²) in [5.74, 6) is -0.462. The number of nitrogens with zero attached hydrogens (tertiary/aromatic N) is 2. The number of aromatic nitrogens is 2. The van der Waals surface area contributed by atoms with Crippen molar-refractivity contribution in [1.29, 1.82) is 0 Å². The zero-order valence-corrected chi connectivity index (χ0v) is 13.8. The SMILES string of the molecule is CC(C)(C)n1ncc(OCOC(=O)c2ccccc2)c(Cl)c1=O. The van der Waals surface area contributed by atoms with Gasteiger partial charge in [-0.2, -0.15) is 5.10 Å². The van der Waals surface area contributed by atoms with Crippen molar-refractivity contribution >= 4 is 17.6 Å². The fourth-order valence-corrected chi connectivity index (χ4v) is 1.98. The molecular formula is C16H17ClN2O4. The Hall–Kier alpha value is -2.34. The number of carbonyl (C=O) groups is 1. The second-order valence-corrected chi connectivity index (χ2v) is 6.15. The van der Waals surface area contributed by atoms with Gasteiger partial charge in [-0.3, -0.25) is 4.79 Å². The molecule has 0 saturated heterocycles. The predicted octanol–water partition coefficient (Wildman–Crippen LogP) is 2.85. The molecule has 0 bridgehead atoms. The summed E-state index contributed by atoms with van der Waals surface area (Å²) in [6, 6.07) is 8.50. The molecular weight excluding hydrogens is 320 g/mol. The number of ether oxygens (including phenoxy) is 2. The first-order valence-electron chi connectivity index (χ1n) is 6.94. The van der Waals surface area contributed by atoms with Crippen LogP contribution in [0.5, 0.6) is 5.75 Å². The van der Waals surface area contributed by atoms with E-state index in [9.17, 15) is 9.59 Å². The van der Waals surface area contributed by atoms with E-state index in [4.69, 9.17) is 21.1 Å². The molecule has 2 rings (SSSR count). The Morgan fingerprint density at radius 2 is 1.91 bits per heavy atom. The van der Waals surface area contributed by atoms with Crippen LogP contribution in [0, 0.1) is 0 Å². The molecule has 6 nitrogen and oxygen atoms in total. The third kappa shape index (κ3) is 4.10. The third-order valence-corrected chi connectivity index (χ3v) is 3.28. The van der Waals surface area contributed by atoms with E-state index in [0.29, 0.717) is 5.56 Å². The van der Waals surface area contributed by atoms with Gasteiger partial charge in [0.1, 0.15) is 0 Å². The van der Waals surface area contributed by atoms with E-state index in [0.717, 1.165) is 0 Å². The lowest BCUT2D eigenvalue weighted by atomic mass is 10.1. The summed E-state index contributed by atoms with van der Waals surface area (Å²) in [7, 11) is 0. The fraction of sp³-hybridized carbons (Fsp3) is 0.312. The van der Waals surface area contributed by atoms with Gasteiger partial charge < -0.3 is 9.47 Å². The molecule has 0 atom stereocenters. The molecule has 0 N–H and O–H groups in total. The number of halogens is 1. The quantitative estimate of drug-likeness (QED) is 0.634. The molecule has 122 valence electrons. The van der Waals surface area contributed by atoms with Crippen LogP contribution in [0.1, 0.15) is 31.1 Å². The van der Waals surface area contributed by atoms with Crippen LogP contribution in [0.15, 0.2) is 41.3 Å². The van der Waals surface area contributed by atoms with Gasteiger partial charge in [0.25, 0.3) is 5.56 Å². The molecule has 0 amide bonds. The van der Waals surface area contributed by atoms with Crippen LogP contribution < -0.4 is 10.3 Å². The minimum atomic E-state index is -0.530. The van der Waals surface area contributed by atoms with Crippen molar-refractivity contribution in [3.63, 3.8) is 0 Å². The summed E-state index contributed by atoms with van der Waals surface area (Å²) >= 11 is 6.00. The summed E-state index contributed by atoms with van der Waals surface area (Å²) in [6.07, 6.45) is 1.32. The molecule has 0 aliphatic rings. The van der Waals surface area contributed by atoms with Crippen molar-refractivity contribution in [3.8, 4) is 5.75 Å². The lowest BCUT2D eigenvalue weighted by molar-refractivity contribution is 0.0152. The van der Waals surface area contributed by atoms with E-state index in [1.165, 1.54) is 10.9 Å². The highest BCUT2D eigenvalue weighted by Gasteiger charge is 2.20. The van der Waals surface area contributed by atoms with Gasteiger partial charge in [0.2, 0.25) is 6.79 Å². The van der Waals surface area contributed by atoms with Crippen molar-refractivity contribution in [2.75, 3.05) is 6.79 Å². The first kappa shape index (κ1) is 17.0. The Bertz CT molecular complexity index is 751. The van der Waals surface area contributed by atoms with Gasteiger partial charge >= 0.3 is 5.97 Å². The summed E-state index contributed by atoms with van der Waals surface area (Å²) in [5.41, 5.74) is -0.562. The lowest BCUT2D eigenvalue weighted by Gasteiger charge is -2.21. The van der Waals surface area contributed by atoms with Gasteiger partial charge in [-0.05, 0) is 32.9 Å². The molecule has 0 spiro atoms.